The van der Waals surface area contributed by atoms with Crippen LogP contribution >= 0.6 is 0 Å². The molecule has 0 aliphatic heterocycles. The fraction of sp³-hybridized carbons (Fsp3) is 0.333. The van der Waals surface area contributed by atoms with Crippen molar-refractivity contribution in [3.05, 3.63) is 35.7 Å². The van der Waals surface area contributed by atoms with Gasteiger partial charge in [0.2, 0.25) is 0 Å². The average Bonchev–Trinajstić information content (AvgIpc) is 2.41. The lowest BCUT2D eigenvalue weighted by Crippen LogP contribution is -1.97. The highest BCUT2D eigenvalue weighted by Gasteiger charge is 2.07. The molecule has 0 bridgehead atoms. The summed E-state index contributed by atoms with van der Waals surface area (Å²) < 4.78 is 2.37. The van der Waals surface area contributed by atoms with Gasteiger partial charge in [-0.15, -0.1) is 0 Å². The molecule has 68 valence electrons. The van der Waals surface area contributed by atoms with Crippen LogP contribution < -0.4 is 0 Å². The Morgan fingerprint density at radius 2 is 1.46 bits per heavy atom. The van der Waals surface area contributed by atoms with E-state index in [0.717, 1.165) is 6.54 Å². The molecule has 0 unspecified atom stereocenters. The van der Waals surface area contributed by atoms with Crippen LogP contribution in [0.5, 0.6) is 0 Å². The summed E-state index contributed by atoms with van der Waals surface area (Å²) in [6.45, 7) is 7.64. The molecule has 1 heterocycles. The molecule has 0 aliphatic carbocycles. The van der Waals surface area contributed by atoms with Gasteiger partial charge in [-0.05, 0) is 20.8 Å². The first-order valence-corrected chi connectivity index (χ1v) is 4.80. The molecule has 0 saturated carbocycles. The summed E-state index contributed by atoms with van der Waals surface area (Å²) in [5.41, 5.74) is 2.77. The van der Waals surface area contributed by atoms with Crippen LogP contribution in [0.1, 0.15) is 18.3 Å². The highest BCUT2D eigenvalue weighted by Crippen LogP contribution is 2.24. The zero-order valence-corrected chi connectivity index (χ0v) is 8.46. The van der Waals surface area contributed by atoms with Crippen LogP contribution in [-0.2, 0) is 6.54 Å². The molecule has 0 N–H and O–H groups in total. The van der Waals surface area contributed by atoms with Crippen LogP contribution in [-0.4, -0.2) is 4.57 Å². The van der Waals surface area contributed by atoms with Gasteiger partial charge in [-0.3, -0.25) is 0 Å². The average molecular weight is 173 g/mol. The summed E-state index contributed by atoms with van der Waals surface area (Å²) in [5, 5.41) is 2.78. The third-order valence-corrected chi connectivity index (χ3v) is 2.83. The molecule has 0 fully saturated rings. The second-order valence-electron chi connectivity index (χ2n) is 3.46. The van der Waals surface area contributed by atoms with Crippen LogP contribution in [0.2, 0.25) is 0 Å². The normalized spacial score (nSPS) is 11.0. The molecular weight excluding hydrogens is 158 g/mol. The number of benzene rings is 1. The Morgan fingerprint density at radius 1 is 1.00 bits per heavy atom. The summed E-state index contributed by atoms with van der Waals surface area (Å²) in [6, 6.07) is 8.61. The number of nitrogens with zero attached hydrogens (tertiary/aromatic N) is 1. The van der Waals surface area contributed by atoms with Gasteiger partial charge in [-0.2, -0.15) is 0 Å². The predicted molar refractivity (Wildman–Crippen MR) is 57.1 cm³/mol. The van der Waals surface area contributed by atoms with E-state index in [1.165, 1.54) is 22.2 Å². The highest BCUT2D eigenvalue weighted by atomic mass is 15.0. The van der Waals surface area contributed by atoms with Gasteiger partial charge in [0.25, 0.3) is 0 Å². The maximum absolute atomic E-state index is 2.37. The Labute approximate surface area is 79.0 Å². The van der Waals surface area contributed by atoms with Crippen molar-refractivity contribution >= 4 is 10.8 Å². The molecule has 2 aromatic rings. The lowest BCUT2D eigenvalue weighted by Gasteiger charge is -2.03. The minimum Gasteiger partial charge on any atom is -0.348 e. The first-order valence-electron chi connectivity index (χ1n) is 4.80. The van der Waals surface area contributed by atoms with Gasteiger partial charge in [0.05, 0.1) is 0 Å². The van der Waals surface area contributed by atoms with Gasteiger partial charge >= 0.3 is 0 Å². The molecule has 0 spiro atoms. The highest BCUT2D eigenvalue weighted by molar-refractivity contribution is 5.88. The zero-order chi connectivity index (χ0) is 9.42. The Morgan fingerprint density at radius 3 is 1.85 bits per heavy atom. The summed E-state index contributed by atoms with van der Waals surface area (Å²) >= 11 is 0. The number of fused-ring (bicyclic) bond motifs is 1. The number of hydrogen-bond donors (Lipinski definition) is 0. The first kappa shape index (κ1) is 8.36. The van der Waals surface area contributed by atoms with Gasteiger partial charge in [0.1, 0.15) is 0 Å². The number of aryl methyl sites for hydroxylation is 2. The molecule has 2 rings (SSSR count). The molecule has 1 aromatic carbocycles. The van der Waals surface area contributed by atoms with Crippen molar-refractivity contribution < 1.29 is 0 Å². The third kappa shape index (κ3) is 1.07. The van der Waals surface area contributed by atoms with Crippen LogP contribution in [0.3, 0.4) is 0 Å². The summed E-state index contributed by atoms with van der Waals surface area (Å²) in [6.07, 6.45) is 0. The lowest BCUT2D eigenvalue weighted by molar-refractivity contribution is 0.723. The lowest BCUT2D eigenvalue weighted by atomic mass is 10.1. The minimum absolute atomic E-state index is 1.06. The van der Waals surface area contributed by atoms with E-state index in [0.29, 0.717) is 0 Å². The number of rotatable bonds is 1. The molecule has 0 saturated heterocycles. The van der Waals surface area contributed by atoms with Crippen molar-refractivity contribution in [2.24, 2.45) is 0 Å². The monoisotopic (exact) mass is 173 g/mol. The molecule has 0 amide bonds. The van der Waals surface area contributed by atoms with Crippen molar-refractivity contribution in [2.45, 2.75) is 27.3 Å². The van der Waals surface area contributed by atoms with E-state index in [2.05, 4.69) is 49.6 Å². The topological polar surface area (TPSA) is 4.93 Å². The van der Waals surface area contributed by atoms with E-state index < -0.39 is 0 Å². The van der Waals surface area contributed by atoms with Crippen molar-refractivity contribution in [3.63, 3.8) is 0 Å². The van der Waals surface area contributed by atoms with Gasteiger partial charge in [0.15, 0.2) is 0 Å². The van der Waals surface area contributed by atoms with Crippen molar-refractivity contribution in [1.82, 2.24) is 4.57 Å². The van der Waals surface area contributed by atoms with E-state index in [1.807, 2.05) is 0 Å². The van der Waals surface area contributed by atoms with Crippen LogP contribution in [0.25, 0.3) is 10.8 Å². The summed E-state index contributed by atoms with van der Waals surface area (Å²) in [5.74, 6) is 0. The Hall–Kier alpha value is -1.24. The SMILES string of the molecule is CCn1c(C)c2ccccc2c1C. The smallest absolute Gasteiger partial charge is 0.0225 e. The molecule has 13 heavy (non-hydrogen) atoms. The van der Waals surface area contributed by atoms with E-state index in [9.17, 15) is 0 Å². The van der Waals surface area contributed by atoms with Crippen molar-refractivity contribution in [3.8, 4) is 0 Å². The molecule has 1 aromatic heterocycles. The largest absolute Gasteiger partial charge is 0.348 e. The maximum Gasteiger partial charge on any atom is 0.0225 e. The molecular formula is C12H15N. The van der Waals surface area contributed by atoms with E-state index in [1.54, 1.807) is 0 Å². The summed E-state index contributed by atoms with van der Waals surface area (Å²) in [4.78, 5) is 0. The fourth-order valence-corrected chi connectivity index (χ4v) is 2.13. The minimum atomic E-state index is 1.06. The predicted octanol–water partition coefficient (Wildman–Crippen LogP) is 3.28. The molecule has 1 nitrogen and oxygen atoms in total. The fourth-order valence-electron chi connectivity index (χ4n) is 2.13. The van der Waals surface area contributed by atoms with Gasteiger partial charge in [0, 0.05) is 28.7 Å². The quantitative estimate of drug-likeness (QED) is 0.623. The number of hydrogen-bond acceptors (Lipinski definition) is 0. The Bertz CT molecular complexity index is 399. The standard InChI is InChI=1S/C12H15N/c1-4-13-9(2)11-7-5-6-8-12(11)10(13)3/h5-8H,4H2,1-3H3. The van der Waals surface area contributed by atoms with E-state index in [-0.39, 0.29) is 0 Å². The second kappa shape index (κ2) is 2.91. The third-order valence-electron chi connectivity index (χ3n) is 2.83. The van der Waals surface area contributed by atoms with Crippen molar-refractivity contribution in [2.75, 3.05) is 0 Å². The van der Waals surface area contributed by atoms with E-state index in [4.69, 9.17) is 0 Å². The van der Waals surface area contributed by atoms with Gasteiger partial charge in [-0.1, -0.05) is 24.3 Å². The first-order chi connectivity index (χ1) is 6.25. The van der Waals surface area contributed by atoms with Crippen LogP contribution in [0.15, 0.2) is 24.3 Å². The van der Waals surface area contributed by atoms with Gasteiger partial charge < -0.3 is 4.57 Å². The Balaban J connectivity index is 2.88. The molecule has 0 aliphatic rings. The Kier molecular flexibility index (Phi) is 1.87. The zero-order valence-electron chi connectivity index (χ0n) is 8.46. The molecule has 0 radical (unpaired) electrons. The second-order valence-corrected chi connectivity index (χ2v) is 3.46. The van der Waals surface area contributed by atoms with E-state index >= 15 is 0 Å². The summed E-state index contributed by atoms with van der Waals surface area (Å²) in [7, 11) is 0. The molecule has 0 atom stereocenters. The molecule has 1 heteroatoms. The number of aromatic nitrogens is 1. The van der Waals surface area contributed by atoms with Crippen molar-refractivity contribution in [1.29, 1.82) is 0 Å². The maximum atomic E-state index is 2.37. The van der Waals surface area contributed by atoms with Crippen LogP contribution in [0.4, 0.5) is 0 Å². The van der Waals surface area contributed by atoms with Crippen LogP contribution in [0, 0.1) is 13.8 Å². The van der Waals surface area contributed by atoms with Gasteiger partial charge in [-0.25, -0.2) is 0 Å².